The number of carbonyl (C=O) groups is 2. The fraction of sp³-hybridized carbons (Fsp3) is 0.952. The maximum Gasteiger partial charge on any atom is 0.306 e. The van der Waals surface area contributed by atoms with Crippen LogP contribution in [0.1, 0.15) is 207 Å². The van der Waals surface area contributed by atoms with E-state index in [9.17, 15) is 19.8 Å². The molecule has 1 aliphatic heterocycles. The summed E-state index contributed by atoms with van der Waals surface area (Å²) in [5, 5.41) is 20.3. The van der Waals surface area contributed by atoms with Crippen LogP contribution in [0.2, 0.25) is 0 Å². The predicted molar refractivity (Wildman–Crippen MR) is 202 cm³/mol. The van der Waals surface area contributed by atoms with E-state index in [-0.39, 0.29) is 31.6 Å². The van der Waals surface area contributed by atoms with Crippen molar-refractivity contribution in [2.45, 2.75) is 232 Å². The fourth-order valence-electron chi connectivity index (χ4n) is 6.80. The van der Waals surface area contributed by atoms with Crippen molar-refractivity contribution in [3.8, 4) is 0 Å². The van der Waals surface area contributed by atoms with Crippen molar-refractivity contribution in [2.75, 3.05) is 13.2 Å². The van der Waals surface area contributed by atoms with Gasteiger partial charge in [0.1, 0.15) is 24.9 Å². The van der Waals surface area contributed by atoms with Crippen molar-refractivity contribution < 1.29 is 34.0 Å². The Morgan fingerprint density at radius 3 is 1.24 bits per heavy atom. The van der Waals surface area contributed by atoms with E-state index in [1.54, 1.807) is 0 Å². The first-order valence-electron chi connectivity index (χ1n) is 21.0. The molecule has 49 heavy (non-hydrogen) atoms. The Morgan fingerprint density at radius 2 is 0.898 bits per heavy atom. The third-order valence-corrected chi connectivity index (χ3v) is 10.1. The van der Waals surface area contributed by atoms with E-state index in [2.05, 4.69) is 27.7 Å². The molecule has 0 unspecified atom stereocenters. The van der Waals surface area contributed by atoms with Crippen LogP contribution in [0.4, 0.5) is 0 Å². The van der Waals surface area contributed by atoms with Crippen molar-refractivity contribution >= 4 is 11.9 Å². The van der Waals surface area contributed by atoms with Gasteiger partial charge >= 0.3 is 11.9 Å². The molecule has 0 aromatic rings. The number of rotatable bonds is 34. The summed E-state index contributed by atoms with van der Waals surface area (Å²) in [5.74, 6) is 0.944. The fourth-order valence-corrected chi connectivity index (χ4v) is 6.80. The molecular formula is C42H80O7. The van der Waals surface area contributed by atoms with Gasteiger partial charge in [-0.3, -0.25) is 9.59 Å². The average molecular weight is 697 g/mol. The van der Waals surface area contributed by atoms with E-state index in [1.807, 2.05) is 0 Å². The van der Waals surface area contributed by atoms with Crippen molar-refractivity contribution in [1.29, 1.82) is 0 Å². The molecular weight excluding hydrogens is 616 g/mol. The van der Waals surface area contributed by atoms with Crippen LogP contribution in [0.25, 0.3) is 0 Å². The standard InChI is InChI=1S/C42H80O7/c1-35(2)29-25-21-17-13-9-5-7-11-15-19-23-27-31-39(44)47-34-38(42-41(46)37(43)33-48-42)49-40(45)32-28-24-20-16-12-8-6-10-14-18-22-26-30-36(3)4/h35-38,41-43,46H,5-34H2,1-4H3/t37-,38+,41+,42+/m0/s1. The molecule has 2 N–H and O–H groups in total. The van der Waals surface area contributed by atoms with Crippen LogP contribution in [0.5, 0.6) is 0 Å². The molecule has 1 rings (SSSR count). The first kappa shape index (κ1) is 45.8. The number of unbranched alkanes of at least 4 members (excludes halogenated alkanes) is 22. The van der Waals surface area contributed by atoms with Gasteiger partial charge in [-0.05, 0) is 24.7 Å². The Kier molecular flexibility index (Phi) is 29.5. The maximum absolute atomic E-state index is 12.6. The predicted octanol–water partition coefficient (Wildman–Crippen LogP) is 10.8. The minimum atomic E-state index is -1.18. The summed E-state index contributed by atoms with van der Waals surface area (Å²) in [4.78, 5) is 25.1. The molecule has 7 nitrogen and oxygen atoms in total. The minimum Gasteiger partial charge on any atom is -0.462 e. The molecule has 290 valence electrons. The molecule has 0 aromatic carbocycles. The number of esters is 2. The monoisotopic (exact) mass is 697 g/mol. The van der Waals surface area contributed by atoms with Gasteiger partial charge in [-0.1, -0.05) is 182 Å². The second kappa shape index (κ2) is 31.5. The molecule has 0 saturated carbocycles. The van der Waals surface area contributed by atoms with Gasteiger partial charge in [0.05, 0.1) is 6.61 Å². The lowest BCUT2D eigenvalue weighted by molar-refractivity contribution is -0.170. The summed E-state index contributed by atoms with van der Waals surface area (Å²) in [6.07, 6.45) is 28.8. The van der Waals surface area contributed by atoms with Gasteiger partial charge in [-0.2, -0.15) is 0 Å². The zero-order valence-electron chi connectivity index (χ0n) is 32.6. The lowest BCUT2D eigenvalue weighted by Crippen LogP contribution is -2.44. The highest BCUT2D eigenvalue weighted by atomic mass is 16.6. The summed E-state index contributed by atoms with van der Waals surface area (Å²) in [6, 6.07) is 0. The van der Waals surface area contributed by atoms with Crippen LogP contribution >= 0.6 is 0 Å². The lowest BCUT2D eigenvalue weighted by atomic mass is 10.0. The van der Waals surface area contributed by atoms with Crippen LogP contribution in [0, 0.1) is 11.8 Å². The van der Waals surface area contributed by atoms with E-state index in [4.69, 9.17) is 14.2 Å². The van der Waals surface area contributed by atoms with Gasteiger partial charge in [0.2, 0.25) is 0 Å². The molecule has 1 heterocycles. The summed E-state index contributed by atoms with van der Waals surface area (Å²) in [5.41, 5.74) is 0. The van der Waals surface area contributed by atoms with Gasteiger partial charge in [0.15, 0.2) is 6.10 Å². The Bertz CT molecular complexity index is 770. The smallest absolute Gasteiger partial charge is 0.306 e. The highest BCUT2D eigenvalue weighted by molar-refractivity contribution is 5.70. The average Bonchev–Trinajstić information content (AvgIpc) is 3.40. The topological polar surface area (TPSA) is 102 Å². The first-order valence-corrected chi connectivity index (χ1v) is 21.0. The Balaban J connectivity index is 2.11. The van der Waals surface area contributed by atoms with Gasteiger partial charge in [0.25, 0.3) is 0 Å². The van der Waals surface area contributed by atoms with Crippen molar-refractivity contribution in [3.05, 3.63) is 0 Å². The second-order valence-corrected chi connectivity index (χ2v) is 15.9. The van der Waals surface area contributed by atoms with Crippen LogP contribution in [-0.2, 0) is 23.8 Å². The molecule has 0 bridgehead atoms. The van der Waals surface area contributed by atoms with Crippen molar-refractivity contribution in [1.82, 2.24) is 0 Å². The number of carbonyl (C=O) groups excluding carboxylic acids is 2. The Morgan fingerprint density at radius 1 is 0.551 bits per heavy atom. The summed E-state index contributed by atoms with van der Waals surface area (Å²) >= 11 is 0. The molecule has 0 aliphatic carbocycles. The lowest BCUT2D eigenvalue weighted by Gasteiger charge is -2.25. The zero-order chi connectivity index (χ0) is 36.0. The Hall–Kier alpha value is -1.18. The minimum absolute atomic E-state index is 0.0371. The molecule has 1 aliphatic rings. The molecule has 0 radical (unpaired) electrons. The summed E-state index contributed by atoms with van der Waals surface area (Å²) < 4.78 is 16.6. The summed E-state index contributed by atoms with van der Waals surface area (Å²) in [6.45, 7) is 9.00. The van der Waals surface area contributed by atoms with Gasteiger partial charge in [0, 0.05) is 12.8 Å². The van der Waals surface area contributed by atoms with Crippen LogP contribution in [0.15, 0.2) is 0 Å². The number of hydrogen-bond acceptors (Lipinski definition) is 7. The summed E-state index contributed by atoms with van der Waals surface area (Å²) in [7, 11) is 0. The maximum atomic E-state index is 12.6. The molecule has 1 saturated heterocycles. The van der Waals surface area contributed by atoms with Crippen LogP contribution in [-0.4, -0.2) is 59.8 Å². The highest BCUT2D eigenvalue weighted by Crippen LogP contribution is 2.22. The number of hydrogen-bond donors (Lipinski definition) is 2. The number of aliphatic hydroxyl groups excluding tert-OH is 2. The molecule has 0 amide bonds. The molecule has 7 heteroatoms. The molecule has 4 atom stereocenters. The highest BCUT2D eigenvalue weighted by Gasteiger charge is 2.42. The van der Waals surface area contributed by atoms with E-state index in [1.165, 1.54) is 128 Å². The molecule has 0 spiro atoms. The van der Waals surface area contributed by atoms with E-state index in [0.29, 0.717) is 6.42 Å². The van der Waals surface area contributed by atoms with Gasteiger partial charge in [-0.25, -0.2) is 0 Å². The third kappa shape index (κ3) is 27.2. The quantitative estimate of drug-likeness (QED) is 0.0510. The largest absolute Gasteiger partial charge is 0.462 e. The SMILES string of the molecule is CC(C)CCCCCCCCCCCCCCC(=O)OC[C@@H](OC(=O)CCCCCCCCCCCCCCC(C)C)[C@H]1OC[C@H](O)[C@H]1O. The third-order valence-electron chi connectivity index (χ3n) is 10.1. The molecule has 0 aromatic heterocycles. The van der Waals surface area contributed by atoms with E-state index >= 15 is 0 Å². The number of ether oxygens (including phenoxy) is 3. The second-order valence-electron chi connectivity index (χ2n) is 15.9. The normalized spacial score (nSPS) is 18.4. The van der Waals surface area contributed by atoms with Gasteiger partial charge < -0.3 is 24.4 Å². The van der Waals surface area contributed by atoms with Crippen LogP contribution < -0.4 is 0 Å². The van der Waals surface area contributed by atoms with E-state index < -0.39 is 24.4 Å². The Labute approximate surface area is 302 Å². The van der Waals surface area contributed by atoms with E-state index in [0.717, 1.165) is 50.4 Å². The first-order chi connectivity index (χ1) is 23.7. The van der Waals surface area contributed by atoms with Crippen molar-refractivity contribution in [2.24, 2.45) is 11.8 Å². The van der Waals surface area contributed by atoms with Gasteiger partial charge in [-0.15, -0.1) is 0 Å². The molecule has 1 fully saturated rings. The number of aliphatic hydroxyl groups is 2. The van der Waals surface area contributed by atoms with Crippen LogP contribution in [0.3, 0.4) is 0 Å². The van der Waals surface area contributed by atoms with Crippen molar-refractivity contribution in [3.63, 3.8) is 0 Å². The zero-order valence-corrected chi connectivity index (χ0v) is 32.6.